The second kappa shape index (κ2) is 8.57. The van der Waals surface area contributed by atoms with Crippen LogP contribution >= 0.6 is 0 Å². The number of alkyl halides is 3. The molecule has 1 aromatic heterocycles. The summed E-state index contributed by atoms with van der Waals surface area (Å²) in [6.07, 6.45) is -3.13. The van der Waals surface area contributed by atoms with Crippen LogP contribution in [0.2, 0.25) is 0 Å². The summed E-state index contributed by atoms with van der Waals surface area (Å²) < 4.78 is 43.4. The zero-order chi connectivity index (χ0) is 21.1. The number of benzene rings is 2. The highest BCUT2D eigenvalue weighted by Gasteiger charge is 2.30. The summed E-state index contributed by atoms with van der Waals surface area (Å²) in [5.41, 5.74) is 0.701. The minimum absolute atomic E-state index is 0.203. The van der Waals surface area contributed by atoms with Crippen molar-refractivity contribution in [1.29, 1.82) is 0 Å². The summed E-state index contributed by atoms with van der Waals surface area (Å²) in [4.78, 5) is 6.50. The molecule has 1 aliphatic heterocycles. The van der Waals surface area contributed by atoms with Crippen LogP contribution in [0.15, 0.2) is 59.1 Å². The Morgan fingerprint density at radius 1 is 1.03 bits per heavy atom. The second-order valence-corrected chi connectivity index (χ2v) is 7.56. The molecule has 1 N–H and O–H groups in total. The third-order valence-corrected chi connectivity index (χ3v) is 5.52. The van der Waals surface area contributed by atoms with E-state index in [9.17, 15) is 18.3 Å². The number of halogens is 3. The van der Waals surface area contributed by atoms with Gasteiger partial charge in [0.2, 0.25) is 11.7 Å². The van der Waals surface area contributed by atoms with Gasteiger partial charge in [-0.1, -0.05) is 47.6 Å². The van der Waals surface area contributed by atoms with Crippen molar-refractivity contribution in [3.63, 3.8) is 0 Å². The lowest BCUT2D eigenvalue weighted by atomic mass is 9.87. The third kappa shape index (κ3) is 4.71. The molecule has 1 fully saturated rings. The first-order valence-corrected chi connectivity index (χ1v) is 9.86. The fourth-order valence-corrected chi connectivity index (χ4v) is 3.79. The number of aliphatic hydroxyl groups excluding tert-OH is 1. The summed E-state index contributed by atoms with van der Waals surface area (Å²) in [6.45, 7) is 2.07. The quantitative estimate of drug-likeness (QED) is 0.652. The number of aliphatic hydroxyl groups is 1. The number of hydrogen-bond donors (Lipinski definition) is 1. The molecular weight excluding hydrogens is 395 g/mol. The molecule has 2 aromatic carbocycles. The smallest absolute Gasteiger partial charge is 0.388 e. The van der Waals surface area contributed by atoms with Crippen molar-refractivity contribution in [1.82, 2.24) is 15.0 Å². The van der Waals surface area contributed by atoms with Crippen LogP contribution in [-0.4, -0.2) is 33.2 Å². The van der Waals surface area contributed by atoms with Gasteiger partial charge in [0.05, 0.1) is 18.2 Å². The average molecular weight is 417 g/mol. The molecule has 5 nitrogen and oxygen atoms in total. The zero-order valence-corrected chi connectivity index (χ0v) is 16.2. The van der Waals surface area contributed by atoms with E-state index in [0.717, 1.165) is 43.6 Å². The molecule has 0 bridgehead atoms. The minimum Gasteiger partial charge on any atom is -0.388 e. The maximum Gasteiger partial charge on any atom is 0.416 e. The van der Waals surface area contributed by atoms with Gasteiger partial charge in [-0.25, -0.2) is 0 Å². The van der Waals surface area contributed by atoms with Crippen LogP contribution in [0.4, 0.5) is 13.2 Å². The first kappa shape index (κ1) is 20.6. The van der Waals surface area contributed by atoms with Gasteiger partial charge in [0, 0.05) is 5.56 Å². The maximum atomic E-state index is 12.7. The lowest BCUT2D eigenvalue weighted by molar-refractivity contribution is -0.137. The van der Waals surface area contributed by atoms with Crippen LogP contribution < -0.4 is 0 Å². The second-order valence-electron chi connectivity index (χ2n) is 7.56. The van der Waals surface area contributed by atoms with Gasteiger partial charge in [0.15, 0.2) is 0 Å². The Labute approximate surface area is 172 Å². The van der Waals surface area contributed by atoms with E-state index in [4.69, 9.17) is 4.52 Å². The van der Waals surface area contributed by atoms with E-state index < -0.39 is 17.8 Å². The Morgan fingerprint density at radius 3 is 2.33 bits per heavy atom. The predicted molar refractivity (Wildman–Crippen MR) is 104 cm³/mol. The van der Waals surface area contributed by atoms with Crippen molar-refractivity contribution in [2.75, 3.05) is 13.1 Å². The van der Waals surface area contributed by atoms with E-state index in [1.54, 1.807) is 0 Å². The van der Waals surface area contributed by atoms with Crippen LogP contribution in [0.5, 0.6) is 0 Å². The maximum absolute atomic E-state index is 12.7. The summed E-state index contributed by atoms with van der Waals surface area (Å²) in [5, 5.41) is 14.5. The molecule has 158 valence electrons. The third-order valence-electron chi connectivity index (χ3n) is 5.52. The molecule has 4 rings (SSSR count). The lowest BCUT2D eigenvalue weighted by Gasteiger charge is -2.33. The summed E-state index contributed by atoms with van der Waals surface area (Å²) in [5.74, 6) is 0.897. The van der Waals surface area contributed by atoms with E-state index >= 15 is 0 Å². The molecule has 1 atom stereocenters. The van der Waals surface area contributed by atoms with Crippen molar-refractivity contribution in [2.45, 2.75) is 31.7 Å². The van der Waals surface area contributed by atoms with Crippen molar-refractivity contribution >= 4 is 0 Å². The normalized spacial score (nSPS) is 17.2. The first-order valence-electron chi connectivity index (χ1n) is 9.86. The molecule has 0 amide bonds. The lowest BCUT2D eigenvalue weighted by Crippen LogP contribution is -2.35. The highest BCUT2D eigenvalue weighted by molar-refractivity contribution is 5.54. The van der Waals surface area contributed by atoms with Crippen LogP contribution in [-0.2, 0) is 12.7 Å². The molecule has 0 radical (unpaired) electrons. The summed E-state index contributed by atoms with van der Waals surface area (Å²) in [7, 11) is 0. The predicted octanol–water partition coefficient (Wildman–Crippen LogP) is 4.70. The van der Waals surface area contributed by atoms with Crippen LogP contribution in [0.3, 0.4) is 0 Å². The fourth-order valence-electron chi connectivity index (χ4n) is 3.79. The SMILES string of the molecule is O[C@H](c1ccccc1)C1CCN(Cc2nc(-c3ccc(C(F)(F)F)cc3)no2)CC1. The van der Waals surface area contributed by atoms with Crippen LogP contribution in [0, 0.1) is 5.92 Å². The van der Waals surface area contributed by atoms with Gasteiger partial charge in [-0.05, 0) is 49.5 Å². The molecule has 2 heterocycles. The summed E-state index contributed by atoms with van der Waals surface area (Å²) >= 11 is 0. The number of rotatable bonds is 5. The molecule has 30 heavy (non-hydrogen) atoms. The largest absolute Gasteiger partial charge is 0.416 e. The Kier molecular flexibility index (Phi) is 5.87. The molecule has 0 aliphatic carbocycles. The van der Waals surface area contributed by atoms with Gasteiger partial charge >= 0.3 is 6.18 Å². The van der Waals surface area contributed by atoms with Gasteiger partial charge in [0.1, 0.15) is 0 Å². The van der Waals surface area contributed by atoms with Gasteiger partial charge in [-0.15, -0.1) is 0 Å². The number of aromatic nitrogens is 2. The van der Waals surface area contributed by atoms with Gasteiger partial charge in [0.25, 0.3) is 0 Å². The molecule has 1 aliphatic rings. The Morgan fingerprint density at radius 2 is 1.70 bits per heavy atom. The monoisotopic (exact) mass is 417 g/mol. The highest BCUT2D eigenvalue weighted by Crippen LogP contribution is 2.32. The fraction of sp³-hybridized carbons (Fsp3) is 0.364. The first-order chi connectivity index (χ1) is 14.4. The molecule has 0 spiro atoms. The minimum atomic E-state index is -4.37. The van der Waals surface area contributed by atoms with Gasteiger partial charge < -0.3 is 9.63 Å². The molecule has 1 saturated heterocycles. The Bertz CT molecular complexity index is 950. The van der Waals surface area contributed by atoms with Crippen molar-refractivity contribution in [2.24, 2.45) is 5.92 Å². The van der Waals surface area contributed by atoms with E-state index in [1.807, 2.05) is 30.3 Å². The number of likely N-dealkylation sites (tertiary alicyclic amines) is 1. The van der Waals surface area contributed by atoms with E-state index in [-0.39, 0.29) is 11.7 Å². The van der Waals surface area contributed by atoms with Gasteiger partial charge in [-0.3, -0.25) is 4.90 Å². The van der Waals surface area contributed by atoms with Gasteiger partial charge in [-0.2, -0.15) is 18.2 Å². The Balaban J connectivity index is 1.33. The average Bonchev–Trinajstić information content (AvgIpc) is 3.22. The van der Waals surface area contributed by atoms with Crippen molar-refractivity contribution < 1.29 is 22.8 Å². The molecule has 0 unspecified atom stereocenters. The molecule has 3 aromatic rings. The molecule has 0 saturated carbocycles. The summed E-state index contributed by atoms with van der Waals surface area (Å²) in [6, 6.07) is 14.4. The molecule has 8 heteroatoms. The zero-order valence-electron chi connectivity index (χ0n) is 16.2. The number of hydrogen-bond acceptors (Lipinski definition) is 5. The Hall–Kier alpha value is -2.71. The van der Waals surface area contributed by atoms with E-state index in [0.29, 0.717) is 18.0 Å². The van der Waals surface area contributed by atoms with Crippen molar-refractivity contribution in [3.8, 4) is 11.4 Å². The van der Waals surface area contributed by atoms with E-state index in [2.05, 4.69) is 15.0 Å². The number of nitrogens with zero attached hydrogens (tertiary/aromatic N) is 3. The van der Waals surface area contributed by atoms with Crippen molar-refractivity contribution in [3.05, 3.63) is 71.6 Å². The topological polar surface area (TPSA) is 62.4 Å². The van der Waals surface area contributed by atoms with Crippen LogP contribution in [0.1, 0.15) is 36.0 Å². The number of piperidine rings is 1. The molecular formula is C22H22F3N3O2. The van der Waals surface area contributed by atoms with Crippen LogP contribution in [0.25, 0.3) is 11.4 Å². The standard InChI is InChI=1S/C22H22F3N3O2/c23-22(24,25)18-8-6-17(7-9-18)21-26-19(30-27-21)14-28-12-10-16(11-13-28)20(29)15-4-2-1-3-5-15/h1-9,16,20,29H,10-14H2/t20-/m1/s1. The highest BCUT2D eigenvalue weighted by atomic mass is 19.4. The van der Waals surface area contributed by atoms with E-state index in [1.165, 1.54) is 12.1 Å².